The molecule has 0 aliphatic carbocycles. The van der Waals surface area contributed by atoms with Crippen LogP contribution in [-0.2, 0) is 0 Å². The molecule has 1 aromatic carbocycles. The normalized spacial score (nSPS) is 17.8. The number of rotatable bonds is 0. The molecule has 0 radical (unpaired) electrons. The molecule has 0 amide bonds. The molecule has 0 unspecified atom stereocenters. The van der Waals surface area contributed by atoms with Crippen LogP contribution in [0.1, 0.15) is 26.3 Å². The number of anilines is 1. The third kappa shape index (κ3) is 1.37. The van der Waals surface area contributed by atoms with E-state index in [9.17, 15) is 0 Å². The Bertz CT molecular complexity index is 590. The van der Waals surface area contributed by atoms with E-state index >= 15 is 0 Å². The molecule has 0 spiro atoms. The number of thiophene rings is 1. The molecule has 2 aromatic rings. The Hall–Kier alpha value is -1.28. The van der Waals surface area contributed by atoms with E-state index in [4.69, 9.17) is 0 Å². The van der Waals surface area contributed by atoms with Crippen LogP contribution in [0.2, 0.25) is 0 Å². The van der Waals surface area contributed by atoms with Crippen molar-refractivity contribution in [3.05, 3.63) is 35.2 Å². The number of benzene rings is 1. The van der Waals surface area contributed by atoms with Crippen LogP contribution in [0.4, 0.5) is 5.69 Å². The van der Waals surface area contributed by atoms with Crippen molar-refractivity contribution in [3.63, 3.8) is 0 Å². The second kappa shape index (κ2) is 3.11. The summed E-state index contributed by atoms with van der Waals surface area (Å²) < 4.78 is 1.37. The van der Waals surface area contributed by atoms with Gasteiger partial charge in [0, 0.05) is 21.3 Å². The largest absolute Gasteiger partial charge is 0.376 e. The van der Waals surface area contributed by atoms with E-state index in [1.807, 2.05) is 11.3 Å². The van der Waals surface area contributed by atoms with Gasteiger partial charge in [-0.2, -0.15) is 0 Å². The van der Waals surface area contributed by atoms with Gasteiger partial charge in [0.05, 0.1) is 5.54 Å². The van der Waals surface area contributed by atoms with Gasteiger partial charge in [0.15, 0.2) is 0 Å². The lowest BCUT2D eigenvalue weighted by atomic mass is 9.90. The highest BCUT2D eigenvalue weighted by atomic mass is 32.1. The molecular formula is C14H15NS. The van der Waals surface area contributed by atoms with E-state index < -0.39 is 0 Å². The number of hydrogen-bond acceptors (Lipinski definition) is 2. The Morgan fingerprint density at radius 3 is 2.81 bits per heavy atom. The minimum absolute atomic E-state index is 0.0563. The standard InChI is InChI=1S/C14H15NS/c1-9-8-14(2,3)15-11-4-5-12-10(13(9)11)6-7-16-12/h4-8,15H,1-3H3. The monoisotopic (exact) mass is 229 g/mol. The van der Waals surface area contributed by atoms with Crippen LogP contribution in [-0.4, -0.2) is 5.54 Å². The second-order valence-electron chi connectivity index (χ2n) is 4.99. The molecule has 82 valence electrons. The molecule has 1 aromatic heterocycles. The minimum Gasteiger partial charge on any atom is -0.376 e. The average molecular weight is 229 g/mol. The highest BCUT2D eigenvalue weighted by Crippen LogP contribution is 2.39. The number of nitrogens with one attached hydrogen (secondary N) is 1. The molecule has 0 fully saturated rings. The fourth-order valence-corrected chi connectivity index (χ4v) is 3.36. The fourth-order valence-electron chi connectivity index (χ4n) is 2.57. The van der Waals surface area contributed by atoms with Gasteiger partial charge in [-0.05, 0) is 49.9 Å². The summed E-state index contributed by atoms with van der Waals surface area (Å²) in [6, 6.07) is 6.63. The molecule has 1 nitrogen and oxygen atoms in total. The van der Waals surface area contributed by atoms with E-state index in [1.54, 1.807) is 0 Å². The molecule has 2 heterocycles. The van der Waals surface area contributed by atoms with E-state index in [-0.39, 0.29) is 5.54 Å². The second-order valence-corrected chi connectivity index (χ2v) is 5.94. The van der Waals surface area contributed by atoms with Gasteiger partial charge in [-0.3, -0.25) is 0 Å². The van der Waals surface area contributed by atoms with Crippen LogP contribution in [0.15, 0.2) is 29.7 Å². The lowest BCUT2D eigenvalue weighted by molar-refractivity contribution is 0.708. The van der Waals surface area contributed by atoms with Gasteiger partial charge in [-0.25, -0.2) is 0 Å². The highest BCUT2D eigenvalue weighted by Gasteiger charge is 2.23. The summed E-state index contributed by atoms with van der Waals surface area (Å²) in [5.41, 5.74) is 4.07. The molecule has 16 heavy (non-hydrogen) atoms. The molecule has 2 heteroatoms. The summed E-state index contributed by atoms with van der Waals surface area (Å²) in [4.78, 5) is 0. The molecule has 1 aliphatic rings. The number of hydrogen-bond donors (Lipinski definition) is 1. The Balaban J connectivity index is 2.34. The fraction of sp³-hybridized carbons (Fsp3) is 0.286. The summed E-state index contributed by atoms with van der Waals surface area (Å²) in [6.45, 7) is 6.62. The third-order valence-corrected chi connectivity index (χ3v) is 3.95. The maximum Gasteiger partial charge on any atom is 0.0505 e. The van der Waals surface area contributed by atoms with Gasteiger partial charge in [-0.1, -0.05) is 6.08 Å². The highest BCUT2D eigenvalue weighted by molar-refractivity contribution is 7.17. The molecule has 0 atom stereocenters. The zero-order valence-corrected chi connectivity index (χ0v) is 10.6. The van der Waals surface area contributed by atoms with E-state index in [0.29, 0.717) is 0 Å². The molecule has 1 aliphatic heterocycles. The maximum absolute atomic E-state index is 3.58. The SMILES string of the molecule is CC1=CC(C)(C)Nc2ccc3sccc3c21. The molecular weight excluding hydrogens is 214 g/mol. The summed E-state index contributed by atoms with van der Waals surface area (Å²) in [5.74, 6) is 0. The van der Waals surface area contributed by atoms with Crippen LogP contribution >= 0.6 is 11.3 Å². The van der Waals surface area contributed by atoms with Gasteiger partial charge < -0.3 is 5.32 Å². The predicted molar refractivity (Wildman–Crippen MR) is 73.2 cm³/mol. The first-order chi connectivity index (χ1) is 7.57. The first-order valence-electron chi connectivity index (χ1n) is 5.55. The van der Waals surface area contributed by atoms with E-state index in [0.717, 1.165) is 0 Å². The van der Waals surface area contributed by atoms with Crippen LogP contribution in [0.3, 0.4) is 0 Å². The van der Waals surface area contributed by atoms with Crippen LogP contribution in [0.25, 0.3) is 15.7 Å². The zero-order chi connectivity index (χ0) is 11.3. The topological polar surface area (TPSA) is 12.0 Å². The van der Waals surface area contributed by atoms with Crippen LogP contribution in [0, 0.1) is 0 Å². The summed E-state index contributed by atoms with van der Waals surface area (Å²) in [5, 5.41) is 7.12. The summed E-state index contributed by atoms with van der Waals surface area (Å²) >= 11 is 1.81. The van der Waals surface area contributed by atoms with Crippen molar-refractivity contribution in [2.24, 2.45) is 0 Å². The number of allylic oxidation sites excluding steroid dienone is 1. The van der Waals surface area contributed by atoms with Crippen molar-refractivity contribution < 1.29 is 0 Å². The average Bonchev–Trinajstić information content (AvgIpc) is 2.62. The third-order valence-electron chi connectivity index (χ3n) is 3.06. The van der Waals surface area contributed by atoms with Gasteiger partial charge in [0.2, 0.25) is 0 Å². The smallest absolute Gasteiger partial charge is 0.0505 e. The lowest BCUT2D eigenvalue weighted by Gasteiger charge is -2.31. The van der Waals surface area contributed by atoms with Crippen molar-refractivity contribution in [3.8, 4) is 0 Å². The van der Waals surface area contributed by atoms with Crippen LogP contribution < -0.4 is 5.32 Å². The summed E-state index contributed by atoms with van der Waals surface area (Å²) in [6.07, 6.45) is 2.31. The minimum atomic E-state index is 0.0563. The van der Waals surface area contributed by atoms with E-state index in [2.05, 4.69) is 55.7 Å². The van der Waals surface area contributed by atoms with Crippen molar-refractivity contribution in [2.75, 3.05) is 5.32 Å². The predicted octanol–water partition coefficient (Wildman–Crippen LogP) is 4.51. The van der Waals surface area contributed by atoms with Gasteiger partial charge in [0.1, 0.15) is 0 Å². The Morgan fingerprint density at radius 2 is 2.00 bits per heavy atom. The van der Waals surface area contributed by atoms with Crippen LogP contribution in [0.5, 0.6) is 0 Å². The molecule has 3 rings (SSSR count). The summed E-state index contributed by atoms with van der Waals surface area (Å²) in [7, 11) is 0. The van der Waals surface area contributed by atoms with Gasteiger partial charge in [0.25, 0.3) is 0 Å². The van der Waals surface area contributed by atoms with Crippen molar-refractivity contribution in [1.82, 2.24) is 0 Å². The Kier molecular flexibility index (Phi) is 1.93. The first kappa shape index (κ1) is 9.91. The Labute approximate surface area is 99.8 Å². The van der Waals surface area contributed by atoms with Gasteiger partial charge in [-0.15, -0.1) is 11.3 Å². The number of fused-ring (bicyclic) bond motifs is 3. The molecule has 0 saturated heterocycles. The van der Waals surface area contributed by atoms with Crippen molar-refractivity contribution in [1.29, 1.82) is 0 Å². The lowest BCUT2D eigenvalue weighted by Crippen LogP contribution is -2.31. The molecule has 0 bridgehead atoms. The quantitative estimate of drug-likeness (QED) is 0.701. The molecule has 1 N–H and O–H groups in total. The first-order valence-corrected chi connectivity index (χ1v) is 6.43. The van der Waals surface area contributed by atoms with Crippen molar-refractivity contribution in [2.45, 2.75) is 26.3 Å². The zero-order valence-electron chi connectivity index (χ0n) is 9.79. The Morgan fingerprint density at radius 1 is 1.19 bits per heavy atom. The van der Waals surface area contributed by atoms with Crippen molar-refractivity contribution >= 4 is 32.7 Å². The molecule has 0 saturated carbocycles. The van der Waals surface area contributed by atoms with Gasteiger partial charge >= 0.3 is 0 Å². The van der Waals surface area contributed by atoms with E-state index in [1.165, 1.54) is 26.9 Å². The maximum atomic E-state index is 3.58.